The summed E-state index contributed by atoms with van der Waals surface area (Å²) in [4.78, 5) is 57.1. The Morgan fingerprint density at radius 1 is 0.548 bits per heavy atom. The number of ether oxygens (including phenoxy) is 4. The Morgan fingerprint density at radius 2 is 0.935 bits per heavy atom. The van der Waals surface area contributed by atoms with Gasteiger partial charge in [-0.15, -0.1) is 0 Å². The van der Waals surface area contributed by atoms with Crippen LogP contribution in [0.4, 0.5) is 8.78 Å². The lowest BCUT2D eigenvalue weighted by atomic mass is 9.82. The molecule has 2 heterocycles. The number of rotatable bonds is 5. The first-order valence-corrected chi connectivity index (χ1v) is 20.8. The first kappa shape index (κ1) is 45.1. The molecule has 2 fully saturated rings. The zero-order valence-electron chi connectivity index (χ0n) is 35.5. The van der Waals surface area contributed by atoms with Gasteiger partial charge in [-0.1, -0.05) is 61.4 Å². The molecular formula is C50H50F2O10. The minimum Gasteiger partial charge on any atom is -0.507 e. The number of hydrogen-bond donors (Lipinski definition) is 1. The van der Waals surface area contributed by atoms with Crippen LogP contribution in [0.25, 0.3) is 33.4 Å². The van der Waals surface area contributed by atoms with Gasteiger partial charge in [-0.05, 0) is 146 Å². The number of benzene rings is 4. The van der Waals surface area contributed by atoms with E-state index in [2.05, 4.69) is 4.74 Å². The van der Waals surface area contributed by atoms with Crippen molar-refractivity contribution in [3.05, 3.63) is 130 Å². The van der Waals surface area contributed by atoms with Crippen molar-refractivity contribution in [2.45, 2.75) is 110 Å². The minimum atomic E-state index is -0.853. The van der Waals surface area contributed by atoms with Crippen molar-refractivity contribution in [3.63, 3.8) is 0 Å². The lowest BCUT2D eigenvalue weighted by Gasteiger charge is -2.33. The molecule has 0 atom stereocenters. The smallest absolute Gasteiger partial charge is 0.343 e. The van der Waals surface area contributed by atoms with E-state index in [1.807, 2.05) is 50.2 Å². The van der Waals surface area contributed by atoms with Crippen LogP contribution in [0.1, 0.15) is 107 Å². The summed E-state index contributed by atoms with van der Waals surface area (Å²) < 4.78 is 47.6. The predicted octanol–water partition coefficient (Wildman–Crippen LogP) is 10.8. The van der Waals surface area contributed by atoms with Crippen LogP contribution in [0.2, 0.25) is 0 Å². The monoisotopic (exact) mass is 848 g/mol. The van der Waals surface area contributed by atoms with Crippen molar-refractivity contribution in [2.24, 2.45) is 0 Å². The van der Waals surface area contributed by atoms with Gasteiger partial charge in [-0.25, -0.2) is 18.4 Å². The van der Waals surface area contributed by atoms with E-state index < -0.39 is 41.0 Å². The van der Waals surface area contributed by atoms with E-state index in [0.717, 1.165) is 71.9 Å². The number of hydrogen-bond acceptors (Lipinski definition) is 10. The molecule has 2 aliphatic carbocycles. The van der Waals surface area contributed by atoms with Crippen LogP contribution in [0.5, 0.6) is 0 Å². The van der Waals surface area contributed by atoms with Gasteiger partial charge in [0.25, 0.3) is 0 Å². The Hall–Kier alpha value is -6.43. The predicted molar refractivity (Wildman–Crippen MR) is 228 cm³/mol. The molecule has 0 unspecified atom stereocenters. The number of aliphatic hydroxyl groups is 1. The van der Waals surface area contributed by atoms with E-state index in [9.17, 15) is 37.9 Å². The number of esters is 5. The van der Waals surface area contributed by atoms with Crippen molar-refractivity contribution in [1.82, 2.24) is 0 Å². The topological polar surface area (TPSA) is 143 Å². The maximum Gasteiger partial charge on any atom is 0.343 e. The third-order valence-electron chi connectivity index (χ3n) is 11.5. The molecule has 62 heavy (non-hydrogen) atoms. The molecule has 0 radical (unpaired) electrons. The highest BCUT2D eigenvalue weighted by Crippen LogP contribution is 2.49. The van der Waals surface area contributed by atoms with E-state index in [4.69, 9.17) is 14.2 Å². The zero-order valence-corrected chi connectivity index (χ0v) is 35.5. The molecule has 0 bridgehead atoms. The fraction of sp³-hybridized carbons (Fsp3) is 0.340. The van der Waals surface area contributed by atoms with Crippen LogP contribution in [-0.2, 0) is 42.9 Å². The van der Waals surface area contributed by atoms with Crippen LogP contribution < -0.4 is 0 Å². The first-order valence-electron chi connectivity index (χ1n) is 20.8. The van der Waals surface area contributed by atoms with E-state index in [1.54, 1.807) is 24.3 Å². The van der Waals surface area contributed by atoms with E-state index in [1.165, 1.54) is 45.0 Å². The Balaban J connectivity index is 0.000000180. The first-order chi connectivity index (χ1) is 29.5. The molecule has 4 aromatic rings. The summed E-state index contributed by atoms with van der Waals surface area (Å²) in [6, 6.07) is 23.8. The molecule has 1 N–H and O–H groups in total. The average Bonchev–Trinajstić information content (AvgIpc) is 3.61. The highest BCUT2D eigenvalue weighted by atomic mass is 19.1. The average molecular weight is 849 g/mol. The van der Waals surface area contributed by atoms with Crippen molar-refractivity contribution in [3.8, 4) is 22.3 Å². The third kappa shape index (κ3) is 10.0. The molecule has 0 amide bonds. The van der Waals surface area contributed by atoms with Gasteiger partial charge in [-0.3, -0.25) is 14.4 Å². The van der Waals surface area contributed by atoms with Gasteiger partial charge in [0.15, 0.2) is 22.7 Å². The lowest BCUT2D eigenvalue weighted by molar-refractivity contribution is -0.156. The van der Waals surface area contributed by atoms with E-state index in [-0.39, 0.29) is 23.0 Å². The van der Waals surface area contributed by atoms with Gasteiger partial charge >= 0.3 is 29.8 Å². The van der Waals surface area contributed by atoms with Crippen molar-refractivity contribution in [1.29, 1.82) is 0 Å². The molecule has 2 aliphatic heterocycles. The third-order valence-corrected chi connectivity index (χ3v) is 11.5. The second-order valence-corrected chi connectivity index (χ2v) is 16.1. The number of halogens is 2. The molecular weight excluding hydrogens is 799 g/mol. The highest BCUT2D eigenvalue weighted by molar-refractivity contribution is 6.21. The summed E-state index contributed by atoms with van der Waals surface area (Å²) in [6.07, 6.45) is 8.54. The van der Waals surface area contributed by atoms with Crippen molar-refractivity contribution < 1.29 is 56.8 Å². The van der Waals surface area contributed by atoms with Gasteiger partial charge in [0, 0.05) is 20.8 Å². The number of aliphatic hydroxyl groups excluding tert-OH is 1. The quantitative estimate of drug-likeness (QED) is 0.117. The Labute approximate surface area is 359 Å². The Kier molecular flexibility index (Phi) is 13.9. The SMILES string of the molecule is CC(=O)OC(C)=O.CC(=O)OC1=C(c2cc(-c3ccc(F)cc3)ccc2C)C(=O)OC12CCCCC2.Cc1ccc(-c2ccc(F)cc2)cc1C1=C(O)C2(CCCCC2)OC1=O. The summed E-state index contributed by atoms with van der Waals surface area (Å²) in [5, 5.41) is 10.9. The maximum atomic E-state index is 13.3. The summed E-state index contributed by atoms with van der Waals surface area (Å²) in [7, 11) is 0. The summed E-state index contributed by atoms with van der Waals surface area (Å²) in [5.74, 6) is -2.69. The second kappa shape index (κ2) is 19.1. The molecule has 10 nitrogen and oxygen atoms in total. The minimum absolute atomic E-state index is 0.0709. The van der Waals surface area contributed by atoms with Crippen LogP contribution in [0.3, 0.4) is 0 Å². The molecule has 4 aromatic carbocycles. The largest absolute Gasteiger partial charge is 0.507 e. The van der Waals surface area contributed by atoms with Gasteiger partial charge < -0.3 is 24.1 Å². The lowest BCUT2D eigenvalue weighted by Crippen LogP contribution is -2.36. The normalized spacial score (nSPS) is 17.3. The highest BCUT2D eigenvalue weighted by Gasteiger charge is 2.51. The number of aryl methyl sites for hydroxylation is 2. The van der Waals surface area contributed by atoms with Crippen LogP contribution in [-0.4, -0.2) is 46.2 Å². The summed E-state index contributed by atoms with van der Waals surface area (Å²) in [6.45, 7) is 7.51. The molecule has 324 valence electrons. The van der Waals surface area contributed by atoms with Gasteiger partial charge in [0.05, 0.1) is 0 Å². The molecule has 2 saturated carbocycles. The number of carbonyl (C=O) groups is 5. The molecule has 12 heteroatoms. The molecule has 0 saturated heterocycles. The molecule has 2 spiro atoms. The van der Waals surface area contributed by atoms with Crippen LogP contribution in [0, 0.1) is 25.5 Å². The summed E-state index contributed by atoms with van der Waals surface area (Å²) in [5.41, 5.74) is 5.41. The summed E-state index contributed by atoms with van der Waals surface area (Å²) >= 11 is 0. The Bertz CT molecular complexity index is 2420. The fourth-order valence-electron chi connectivity index (χ4n) is 8.50. The van der Waals surface area contributed by atoms with Gasteiger partial charge in [-0.2, -0.15) is 0 Å². The van der Waals surface area contributed by atoms with Crippen LogP contribution >= 0.6 is 0 Å². The maximum absolute atomic E-state index is 13.3. The number of carbonyl (C=O) groups excluding carboxylic acids is 5. The molecule has 8 rings (SSSR count). The fourth-order valence-corrected chi connectivity index (χ4v) is 8.50. The van der Waals surface area contributed by atoms with Gasteiger partial charge in [0.1, 0.15) is 22.8 Å². The van der Waals surface area contributed by atoms with E-state index in [0.29, 0.717) is 48.1 Å². The second-order valence-electron chi connectivity index (χ2n) is 16.1. The standard InChI is InChI=1S/C24H23FO4.C22H21FO3.C4H6O3/c1-15-6-7-18(17-8-10-19(25)11-9-17)14-20(15)21-22(28-16(2)26)24(29-23(21)27)12-4-3-5-13-24;1-14-5-6-16(15-7-9-17(23)10-8-15)13-18(14)19-20(24)22(26-21(19)25)11-3-2-4-12-22;1-3(5)7-4(2)6/h6-11,14H,3-5,12-13H2,1-2H3;5-10,13,24H,2-4,11-12H2,1H3;1-2H3. The van der Waals surface area contributed by atoms with Gasteiger partial charge in [0.2, 0.25) is 0 Å². The Morgan fingerprint density at radius 3 is 1.35 bits per heavy atom. The van der Waals surface area contributed by atoms with Crippen LogP contribution in [0.15, 0.2) is 96.4 Å². The van der Waals surface area contributed by atoms with Crippen molar-refractivity contribution >= 4 is 41.0 Å². The van der Waals surface area contributed by atoms with Crippen molar-refractivity contribution in [2.75, 3.05) is 0 Å². The van der Waals surface area contributed by atoms with E-state index >= 15 is 0 Å². The molecule has 4 aliphatic rings. The zero-order chi connectivity index (χ0) is 44.8. The molecule has 0 aromatic heterocycles.